The molecule has 0 amide bonds. The molecule has 20 heavy (non-hydrogen) atoms. The second-order valence-corrected chi connectivity index (χ2v) is 5.00. The van der Waals surface area contributed by atoms with Crippen molar-refractivity contribution < 1.29 is 9.26 Å². The van der Waals surface area contributed by atoms with Crippen molar-refractivity contribution in [2.75, 3.05) is 6.54 Å². The molecule has 0 spiro atoms. The van der Waals surface area contributed by atoms with Gasteiger partial charge in [-0.1, -0.05) is 35.3 Å². The standard InChI is InChI=1S/C13H15Cl2N3O2/c1-2-11-17-12(20-18-11)7-19-13-8(3-4-16)5-9(14)6-10(13)15/h5-6H,2-4,7,16H2,1H3. The van der Waals surface area contributed by atoms with Crippen LogP contribution in [0.5, 0.6) is 5.75 Å². The molecule has 0 unspecified atom stereocenters. The molecule has 0 radical (unpaired) electrons. The number of aromatic nitrogens is 2. The van der Waals surface area contributed by atoms with Crippen LogP contribution in [-0.2, 0) is 19.4 Å². The van der Waals surface area contributed by atoms with Gasteiger partial charge >= 0.3 is 0 Å². The van der Waals surface area contributed by atoms with Crippen molar-refractivity contribution in [3.63, 3.8) is 0 Å². The first-order valence-corrected chi connectivity index (χ1v) is 7.01. The van der Waals surface area contributed by atoms with Crippen LogP contribution in [0.25, 0.3) is 0 Å². The minimum absolute atomic E-state index is 0.159. The Labute approximate surface area is 127 Å². The molecule has 2 rings (SSSR count). The Morgan fingerprint density at radius 3 is 2.80 bits per heavy atom. The van der Waals surface area contributed by atoms with Gasteiger partial charge in [0, 0.05) is 11.4 Å². The summed E-state index contributed by atoms with van der Waals surface area (Å²) in [6, 6.07) is 3.42. The van der Waals surface area contributed by atoms with E-state index in [2.05, 4.69) is 10.1 Å². The maximum Gasteiger partial charge on any atom is 0.264 e. The fourth-order valence-corrected chi connectivity index (χ4v) is 2.33. The summed E-state index contributed by atoms with van der Waals surface area (Å²) in [7, 11) is 0. The Morgan fingerprint density at radius 1 is 1.35 bits per heavy atom. The van der Waals surface area contributed by atoms with Crippen LogP contribution in [0.4, 0.5) is 0 Å². The molecular weight excluding hydrogens is 301 g/mol. The molecule has 108 valence electrons. The smallest absolute Gasteiger partial charge is 0.264 e. The number of rotatable bonds is 6. The Bertz CT molecular complexity index is 587. The van der Waals surface area contributed by atoms with Crippen LogP contribution in [0, 0.1) is 0 Å². The van der Waals surface area contributed by atoms with Crippen LogP contribution >= 0.6 is 23.2 Å². The number of hydrogen-bond donors (Lipinski definition) is 1. The van der Waals surface area contributed by atoms with Gasteiger partial charge < -0.3 is 15.0 Å². The largest absolute Gasteiger partial charge is 0.482 e. The van der Waals surface area contributed by atoms with Crippen LogP contribution in [-0.4, -0.2) is 16.7 Å². The van der Waals surface area contributed by atoms with Crippen LogP contribution in [0.15, 0.2) is 16.7 Å². The monoisotopic (exact) mass is 315 g/mol. The van der Waals surface area contributed by atoms with Crippen molar-refractivity contribution in [2.24, 2.45) is 5.73 Å². The lowest BCUT2D eigenvalue weighted by molar-refractivity contribution is 0.241. The highest BCUT2D eigenvalue weighted by atomic mass is 35.5. The summed E-state index contributed by atoms with van der Waals surface area (Å²) in [4.78, 5) is 4.17. The van der Waals surface area contributed by atoms with Gasteiger partial charge in [-0.3, -0.25) is 0 Å². The molecule has 2 aromatic rings. The van der Waals surface area contributed by atoms with E-state index in [1.54, 1.807) is 12.1 Å². The average Bonchev–Trinajstić information content (AvgIpc) is 2.86. The summed E-state index contributed by atoms with van der Waals surface area (Å²) in [5, 5.41) is 4.80. The van der Waals surface area contributed by atoms with Gasteiger partial charge in [-0.2, -0.15) is 4.98 Å². The highest BCUT2D eigenvalue weighted by Gasteiger charge is 2.12. The van der Waals surface area contributed by atoms with Crippen molar-refractivity contribution >= 4 is 23.2 Å². The minimum atomic E-state index is 0.159. The second kappa shape index (κ2) is 6.92. The zero-order chi connectivity index (χ0) is 14.5. The minimum Gasteiger partial charge on any atom is -0.482 e. The highest BCUT2D eigenvalue weighted by molar-refractivity contribution is 6.35. The predicted molar refractivity (Wildman–Crippen MR) is 77.2 cm³/mol. The van der Waals surface area contributed by atoms with Gasteiger partial charge in [0.2, 0.25) is 0 Å². The molecule has 5 nitrogen and oxygen atoms in total. The third-order valence-corrected chi connectivity index (χ3v) is 3.16. The summed E-state index contributed by atoms with van der Waals surface area (Å²) in [5.74, 6) is 1.61. The van der Waals surface area contributed by atoms with Gasteiger partial charge in [0.05, 0.1) is 5.02 Å². The molecule has 7 heteroatoms. The molecule has 0 fully saturated rings. The van der Waals surface area contributed by atoms with Crippen molar-refractivity contribution in [1.82, 2.24) is 10.1 Å². The van der Waals surface area contributed by atoms with Crippen LogP contribution in [0.3, 0.4) is 0 Å². The van der Waals surface area contributed by atoms with Gasteiger partial charge in [-0.15, -0.1) is 0 Å². The topological polar surface area (TPSA) is 74.2 Å². The molecule has 0 aliphatic carbocycles. The Balaban J connectivity index is 2.15. The molecule has 0 saturated carbocycles. The van der Waals surface area contributed by atoms with E-state index in [-0.39, 0.29) is 6.61 Å². The number of halogens is 2. The fraction of sp³-hybridized carbons (Fsp3) is 0.385. The Hall–Kier alpha value is -1.30. The lowest BCUT2D eigenvalue weighted by atomic mass is 10.1. The molecular formula is C13H15Cl2N3O2. The van der Waals surface area contributed by atoms with E-state index in [4.69, 9.17) is 38.2 Å². The first-order chi connectivity index (χ1) is 9.63. The zero-order valence-electron chi connectivity index (χ0n) is 11.0. The van der Waals surface area contributed by atoms with Crippen molar-refractivity contribution in [1.29, 1.82) is 0 Å². The van der Waals surface area contributed by atoms with Crippen LogP contribution in [0.2, 0.25) is 10.0 Å². The Morgan fingerprint density at radius 2 is 2.15 bits per heavy atom. The number of aryl methyl sites for hydroxylation is 1. The van der Waals surface area contributed by atoms with Gasteiger partial charge in [-0.25, -0.2) is 0 Å². The van der Waals surface area contributed by atoms with E-state index < -0.39 is 0 Å². The predicted octanol–water partition coefficient (Wildman–Crippen LogP) is 3.02. The van der Waals surface area contributed by atoms with E-state index in [9.17, 15) is 0 Å². The third-order valence-electron chi connectivity index (χ3n) is 2.67. The fourth-order valence-electron chi connectivity index (χ4n) is 1.74. The van der Waals surface area contributed by atoms with E-state index in [1.807, 2.05) is 6.92 Å². The number of nitrogens with two attached hydrogens (primary N) is 1. The lowest BCUT2D eigenvalue weighted by Gasteiger charge is -2.12. The first kappa shape index (κ1) is 15.1. The number of ether oxygens (including phenoxy) is 1. The quantitative estimate of drug-likeness (QED) is 0.886. The summed E-state index contributed by atoms with van der Waals surface area (Å²) in [5.41, 5.74) is 6.44. The summed E-state index contributed by atoms with van der Waals surface area (Å²) < 4.78 is 10.7. The highest BCUT2D eigenvalue weighted by Crippen LogP contribution is 2.33. The normalized spacial score (nSPS) is 10.8. The molecule has 2 N–H and O–H groups in total. The molecule has 0 atom stereocenters. The summed E-state index contributed by atoms with van der Waals surface area (Å²) in [6.07, 6.45) is 1.34. The van der Waals surface area contributed by atoms with E-state index in [0.717, 1.165) is 5.56 Å². The number of nitrogens with zero attached hydrogens (tertiary/aromatic N) is 2. The number of benzene rings is 1. The zero-order valence-corrected chi connectivity index (χ0v) is 12.5. The maximum atomic E-state index is 6.15. The molecule has 0 aliphatic rings. The van der Waals surface area contributed by atoms with Gasteiger partial charge in [0.1, 0.15) is 5.75 Å². The molecule has 1 aromatic heterocycles. The van der Waals surface area contributed by atoms with Gasteiger partial charge in [0.15, 0.2) is 12.4 Å². The number of hydrogen-bond acceptors (Lipinski definition) is 5. The van der Waals surface area contributed by atoms with Crippen LogP contribution < -0.4 is 10.5 Å². The van der Waals surface area contributed by atoms with Gasteiger partial charge in [0.25, 0.3) is 5.89 Å². The summed E-state index contributed by atoms with van der Waals surface area (Å²) >= 11 is 12.1. The van der Waals surface area contributed by atoms with Crippen molar-refractivity contribution in [3.05, 3.63) is 39.5 Å². The van der Waals surface area contributed by atoms with E-state index in [0.29, 0.717) is 46.9 Å². The van der Waals surface area contributed by atoms with Crippen LogP contribution in [0.1, 0.15) is 24.2 Å². The molecule has 0 saturated heterocycles. The maximum absolute atomic E-state index is 6.15. The average molecular weight is 316 g/mol. The molecule has 1 aromatic carbocycles. The Kier molecular flexibility index (Phi) is 5.23. The lowest BCUT2D eigenvalue weighted by Crippen LogP contribution is -2.06. The second-order valence-electron chi connectivity index (χ2n) is 4.16. The van der Waals surface area contributed by atoms with E-state index in [1.165, 1.54) is 0 Å². The third kappa shape index (κ3) is 3.62. The first-order valence-electron chi connectivity index (χ1n) is 6.26. The molecule has 1 heterocycles. The van der Waals surface area contributed by atoms with E-state index >= 15 is 0 Å². The SMILES string of the molecule is CCc1noc(COc2c(Cl)cc(Cl)cc2CCN)n1. The molecule has 0 aliphatic heterocycles. The van der Waals surface area contributed by atoms with Crippen molar-refractivity contribution in [3.8, 4) is 5.75 Å². The molecule has 0 bridgehead atoms. The van der Waals surface area contributed by atoms with Gasteiger partial charge in [-0.05, 0) is 30.7 Å². The van der Waals surface area contributed by atoms with Crippen molar-refractivity contribution in [2.45, 2.75) is 26.4 Å². The summed E-state index contributed by atoms with van der Waals surface area (Å²) in [6.45, 7) is 2.59.